The highest BCUT2D eigenvalue weighted by Gasteiger charge is 2.18. The van der Waals surface area contributed by atoms with E-state index < -0.39 is 0 Å². The minimum atomic E-state index is 0.622. The minimum Gasteiger partial charge on any atom is -0.497 e. The highest BCUT2D eigenvalue weighted by atomic mass is 32.1. The van der Waals surface area contributed by atoms with Crippen molar-refractivity contribution < 1.29 is 4.74 Å². The lowest BCUT2D eigenvalue weighted by atomic mass is 10.0. The average Bonchev–Trinajstić information content (AvgIpc) is 3.23. The predicted octanol–water partition coefficient (Wildman–Crippen LogP) is 8.92. The summed E-state index contributed by atoms with van der Waals surface area (Å²) in [7, 11) is 1.65. The fourth-order valence-corrected chi connectivity index (χ4v) is 5.36. The molecule has 0 aliphatic rings. The third-order valence-electron chi connectivity index (χ3n) is 5.83. The molecule has 5 aromatic rings. The summed E-state index contributed by atoms with van der Waals surface area (Å²) in [6.07, 6.45) is 1.98. The number of para-hydroxylation sites is 1. The van der Waals surface area contributed by atoms with Crippen molar-refractivity contribution in [1.29, 1.82) is 0 Å². The molecule has 0 atom stereocenters. The lowest BCUT2D eigenvalue weighted by Crippen LogP contribution is -2.15. The molecule has 0 bridgehead atoms. The molecule has 33 heavy (non-hydrogen) atoms. The van der Waals surface area contributed by atoms with E-state index >= 15 is 0 Å². The summed E-state index contributed by atoms with van der Waals surface area (Å²) in [6, 6.07) is 34.4. The first kappa shape index (κ1) is 21.0. The van der Waals surface area contributed by atoms with Crippen LogP contribution in [0.4, 0.5) is 11.4 Å². The van der Waals surface area contributed by atoms with Crippen LogP contribution in [0.3, 0.4) is 0 Å². The maximum Gasteiger partial charge on any atom is 0.113 e. The van der Waals surface area contributed by atoms with Crippen molar-refractivity contribution in [1.82, 2.24) is 0 Å². The van der Waals surface area contributed by atoms with Gasteiger partial charge in [0.15, 0.2) is 0 Å². The topological polar surface area (TPSA) is 12.5 Å². The molecule has 0 aliphatic carbocycles. The third kappa shape index (κ3) is 4.04. The minimum absolute atomic E-state index is 0.622. The lowest BCUT2D eigenvalue weighted by Gasteiger charge is -2.28. The van der Waals surface area contributed by atoms with Gasteiger partial charge in [0.05, 0.1) is 12.8 Å². The normalized spacial score (nSPS) is 11.6. The monoisotopic (exact) mass is 447 g/mol. The molecule has 0 unspecified atom stereocenters. The van der Waals surface area contributed by atoms with Crippen LogP contribution < -0.4 is 4.90 Å². The summed E-state index contributed by atoms with van der Waals surface area (Å²) < 4.78 is 7.97. The fourth-order valence-electron chi connectivity index (χ4n) is 4.27. The van der Waals surface area contributed by atoms with Gasteiger partial charge >= 0.3 is 0 Å². The number of benzene rings is 4. The van der Waals surface area contributed by atoms with Gasteiger partial charge < -0.3 is 9.64 Å². The molecule has 0 spiro atoms. The van der Waals surface area contributed by atoms with Gasteiger partial charge in [0, 0.05) is 37.1 Å². The number of fused-ring (bicyclic) bond motifs is 3. The quantitative estimate of drug-likeness (QED) is 0.190. The highest BCUT2D eigenvalue weighted by Crippen LogP contribution is 2.41. The van der Waals surface area contributed by atoms with Crippen LogP contribution in [0.2, 0.25) is 0 Å². The average molecular weight is 448 g/mol. The number of methoxy groups -OCH3 is 1. The van der Waals surface area contributed by atoms with Crippen LogP contribution in [0.15, 0.2) is 121 Å². The van der Waals surface area contributed by atoms with Crippen LogP contribution in [0.25, 0.3) is 31.3 Å². The Morgan fingerprint density at radius 1 is 0.818 bits per heavy atom. The van der Waals surface area contributed by atoms with Gasteiger partial charge in [-0.15, -0.1) is 11.3 Å². The van der Waals surface area contributed by atoms with E-state index in [0.29, 0.717) is 5.76 Å². The Bertz CT molecular complexity index is 1480. The van der Waals surface area contributed by atoms with Crippen molar-refractivity contribution in [3.8, 4) is 11.1 Å². The summed E-state index contributed by atoms with van der Waals surface area (Å²) in [5.41, 5.74) is 5.60. The second-order valence-electron chi connectivity index (χ2n) is 7.95. The first-order valence-corrected chi connectivity index (χ1v) is 11.7. The maximum absolute atomic E-state index is 5.38. The largest absolute Gasteiger partial charge is 0.497 e. The Labute approximate surface area is 198 Å². The predicted molar refractivity (Wildman–Crippen MR) is 143 cm³/mol. The molecular weight excluding hydrogens is 422 g/mol. The highest BCUT2D eigenvalue weighted by molar-refractivity contribution is 7.25. The van der Waals surface area contributed by atoms with Gasteiger partial charge in [-0.1, -0.05) is 73.3 Å². The van der Waals surface area contributed by atoms with Crippen molar-refractivity contribution >= 4 is 42.9 Å². The number of thiophene rings is 1. The van der Waals surface area contributed by atoms with E-state index in [0.717, 1.165) is 17.1 Å². The third-order valence-corrected chi connectivity index (χ3v) is 6.98. The van der Waals surface area contributed by atoms with Crippen LogP contribution in [0.5, 0.6) is 0 Å². The summed E-state index contributed by atoms with van der Waals surface area (Å²) in [6.45, 7) is 6.12. The number of hydrogen-bond acceptors (Lipinski definition) is 3. The van der Waals surface area contributed by atoms with Crippen molar-refractivity contribution in [2.24, 2.45) is 0 Å². The molecule has 1 heterocycles. The Morgan fingerprint density at radius 2 is 1.52 bits per heavy atom. The summed E-state index contributed by atoms with van der Waals surface area (Å²) in [5, 5.41) is 2.56. The zero-order valence-electron chi connectivity index (χ0n) is 18.8. The molecular formula is C30H25NOS. The summed E-state index contributed by atoms with van der Waals surface area (Å²) >= 11 is 1.83. The lowest BCUT2D eigenvalue weighted by molar-refractivity contribution is 0.308. The molecule has 0 amide bonds. The van der Waals surface area contributed by atoms with Gasteiger partial charge in [0.25, 0.3) is 0 Å². The molecule has 5 rings (SSSR count). The fraction of sp³-hybridized carbons (Fsp3) is 0.0667. The molecule has 1 aromatic heterocycles. The smallest absolute Gasteiger partial charge is 0.113 e. The van der Waals surface area contributed by atoms with Gasteiger partial charge in [-0.05, 0) is 48.9 Å². The number of nitrogens with zero attached hydrogens (tertiary/aromatic N) is 1. The zero-order valence-corrected chi connectivity index (χ0v) is 19.6. The van der Waals surface area contributed by atoms with Crippen molar-refractivity contribution in [3.05, 3.63) is 121 Å². The van der Waals surface area contributed by atoms with Crippen molar-refractivity contribution in [3.63, 3.8) is 0 Å². The zero-order chi connectivity index (χ0) is 22.8. The number of allylic oxidation sites excluding steroid dienone is 2. The second kappa shape index (κ2) is 8.97. The first-order chi connectivity index (χ1) is 16.2. The second-order valence-corrected chi connectivity index (χ2v) is 9.04. The molecule has 162 valence electrons. The first-order valence-electron chi connectivity index (χ1n) is 10.9. The molecule has 0 N–H and O–H groups in total. The van der Waals surface area contributed by atoms with E-state index in [4.69, 9.17) is 4.74 Å². The molecule has 2 nitrogen and oxygen atoms in total. The number of anilines is 2. The van der Waals surface area contributed by atoms with Crippen molar-refractivity contribution in [2.45, 2.75) is 6.92 Å². The van der Waals surface area contributed by atoms with E-state index in [1.807, 2.05) is 23.5 Å². The Kier molecular flexibility index (Phi) is 5.72. The van der Waals surface area contributed by atoms with E-state index in [1.54, 1.807) is 7.11 Å². The van der Waals surface area contributed by atoms with E-state index in [2.05, 4.69) is 109 Å². The number of rotatable bonds is 6. The molecule has 0 radical (unpaired) electrons. The van der Waals surface area contributed by atoms with Gasteiger partial charge in [-0.2, -0.15) is 0 Å². The standard InChI is InChI=1S/C30H25NOS/c1-21(19-22(2)32-3)31(28-15-9-7-13-25(28)23-11-5-4-6-12-23)24-17-18-30-27(20-24)26-14-8-10-16-29(26)33-30/h4-20H,2H2,1,3H3/b21-19+. The van der Waals surface area contributed by atoms with Gasteiger partial charge in [-0.3, -0.25) is 0 Å². The molecule has 3 heteroatoms. The van der Waals surface area contributed by atoms with Crippen LogP contribution >= 0.6 is 11.3 Å². The van der Waals surface area contributed by atoms with E-state index in [-0.39, 0.29) is 0 Å². The van der Waals surface area contributed by atoms with Gasteiger partial charge in [-0.25, -0.2) is 0 Å². The van der Waals surface area contributed by atoms with E-state index in [1.165, 1.54) is 31.3 Å². The van der Waals surface area contributed by atoms with Crippen LogP contribution in [-0.4, -0.2) is 7.11 Å². The number of ether oxygens (including phenoxy) is 1. The van der Waals surface area contributed by atoms with E-state index in [9.17, 15) is 0 Å². The van der Waals surface area contributed by atoms with Crippen LogP contribution in [0.1, 0.15) is 6.92 Å². The van der Waals surface area contributed by atoms with Crippen LogP contribution in [-0.2, 0) is 4.74 Å². The maximum atomic E-state index is 5.38. The molecule has 0 fully saturated rings. The molecule has 0 aliphatic heterocycles. The number of hydrogen-bond donors (Lipinski definition) is 0. The summed E-state index contributed by atoms with van der Waals surface area (Å²) in [4.78, 5) is 2.29. The SMILES string of the molecule is C=C(/C=C(\C)N(c1ccc2sc3ccccc3c2c1)c1ccccc1-c1ccccc1)OC. The Morgan fingerprint density at radius 3 is 2.33 bits per heavy atom. The molecule has 0 saturated carbocycles. The van der Waals surface area contributed by atoms with Crippen molar-refractivity contribution in [2.75, 3.05) is 12.0 Å². The van der Waals surface area contributed by atoms with Gasteiger partial charge in [0.2, 0.25) is 0 Å². The Balaban J connectivity index is 1.74. The Hall–Kier alpha value is -3.82. The summed E-state index contributed by atoms with van der Waals surface area (Å²) in [5.74, 6) is 0.622. The molecule has 4 aromatic carbocycles. The van der Waals surface area contributed by atoms with Crippen LogP contribution in [0, 0.1) is 0 Å². The van der Waals surface area contributed by atoms with Gasteiger partial charge in [0.1, 0.15) is 5.76 Å². The molecule has 0 saturated heterocycles.